The van der Waals surface area contributed by atoms with E-state index in [2.05, 4.69) is 15.6 Å². The molecule has 1 amide bonds. The van der Waals surface area contributed by atoms with Crippen LogP contribution in [0.2, 0.25) is 0 Å². The van der Waals surface area contributed by atoms with Gasteiger partial charge < -0.3 is 20.4 Å². The number of rotatable bonds is 6. The number of hydrogen-bond donors (Lipinski definition) is 3. The van der Waals surface area contributed by atoms with Crippen LogP contribution >= 0.6 is 0 Å². The van der Waals surface area contributed by atoms with Gasteiger partial charge in [0.2, 0.25) is 5.91 Å². The zero-order valence-electron chi connectivity index (χ0n) is 16.8. The molecule has 2 aromatic heterocycles. The lowest BCUT2D eigenvalue weighted by Gasteiger charge is -2.46. The summed E-state index contributed by atoms with van der Waals surface area (Å²) < 4.78 is 7.25. The molecule has 1 aromatic carbocycles. The number of amides is 1. The summed E-state index contributed by atoms with van der Waals surface area (Å²) in [5, 5.41) is 11.7. The van der Waals surface area contributed by atoms with E-state index in [4.69, 9.17) is 10.2 Å². The average molecular weight is 407 g/mol. The molecule has 3 aliphatic rings. The van der Waals surface area contributed by atoms with Gasteiger partial charge >= 0.3 is 0 Å². The number of nitrogens with two attached hydrogens (primary N) is 1. The Morgan fingerprint density at radius 3 is 3.03 bits per heavy atom. The molecule has 8 nitrogen and oxygen atoms in total. The second-order valence-electron chi connectivity index (χ2n) is 8.45. The van der Waals surface area contributed by atoms with Crippen LogP contribution in [0.1, 0.15) is 18.6 Å². The van der Waals surface area contributed by atoms with Gasteiger partial charge in [-0.2, -0.15) is 0 Å². The van der Waals surface area contributed by atoms with Crippen molar-refractivity contribution in [2.45, 2.75) is 32.0 Å². The molecule has 3 aromatic rings. The lowest BCUT2D eigenvalue weighted by molar-refractivity contribution is -0.945. The van der Waals surface area contributed by atoms with E-state index in [0.717, 1.165) is 55.2 Å². The van der Waals surface area contributed by atoms with Crippen LogP contribution in [0.15, 0.2) is 53.3 Å². The van der Waals surface area contributed by atoms with Crippen molar-refractivity contribution in [3.63, 3.8) is 0 Å². The van der Waals surface area contributed by atoms with Gasteiger partial charge in [0.25, 0.3) is 0 Å². The summed E-state index contributed by atoms with van der Waals surface area (Å²) in [7, 11) is 0. The van der Waals surface area contributed by atoms with E-state index in [1.165, 1.54) is 4.90 Å². The maximum absolute atomic E-state index is 12.7. The molecule has 4 N–H and O–H groups in total. The van der Waals surface area contributed by atoms with Crippen LogP contribution in [0.25, 0.3) is 11.3 Å². The number of carbonyl (C=O) groups is 1. The molecule has 2 bridgehead atoms. The maximum atomic E-state index is 12.7. The number of nitrogens with one attached hydrogen (secondary N) is 2. The third-order valence-corrected chi connectivity index (χ3v) is 6.53. The number of benzene rings is 1. The van der Waals surface area contributed by atoms with Gasteiger partial charge in [-0.25, -0.2) is 4.68 Å². The predicted molar refractivity (Wildman–Crippen MR) is 111 cm³/mol. The third kappa shape index (κ3) is 3.82. The van der Waals surface area contributed by atoms with Crippen molar-refractivity contribution in [2.75, 3.05) is 18.8 Å². The highest BCUT2D eigenvalue weighted by atomic mass is 16.3. The number of aromatic nitrogens is 3. The highest BCUT2D eigenvalue weighted by molar-refractivity contribution is 5.79. The minimum absolute atomic E-state index is 0.0820. The first kappa shape index (κ1) is 18.9. The van der Waals surface area contributed by atoms with Crippen molar-refractivity contribution < 1.29 is 14.1 Å². The number of carbonyl (C=O) groups excluding carboxylic acids is 1. The van der Waals surface area contributed by atoms with E-state index in [-0.39, 0.29) is 11.8 Å². The average Bonchev–Trinajstić information content (AvgIpc) is 3.45. The fourth-order valence-corrected chi connectivity index (χ4v) is 4.98. The number of nitrogens with zero attached hydrogens (tertiary/aromatic N) is 3. The molecule has 1 unspecified atom stereocenters. The predicted octanol–water partition coefficient (Wildman–Crippen LogP) is 0.730. The Morgan fingerprint density at radius 1 is 1.33 bits per heavy atom. The molecule has 0 spiro atoms. The Morgan fingerprint density at radius 2 is 2.27 bits per heavy atom. The molecular formula is C22H27N6O2+. The minimum atomic E-state index is 0.0820. The number of nitrogen functional groups attached to an aromatic ring is 1. The van der Waals surface area contributed by atoms with Gasteiger partial charge in [0.1, 0.15) is 17.5 Å². The number of anilines is 1. The Hall–Kier alpha value is -3.13. The van der Waals surface area contributed by atoms with Crippen LogP contribution in [0.3, 0.4) is 0 Å². The smallest absolute Gasteiger partial charge is 0.229 e. The van der Waals surface area contributed by atoms with Crippen LogP contribution in [-0.4, -0.2) is 40.0 Å². The van der Waals surface area contributed by atoms with E-state index in [9.17, 15) is 4.79 Å². The van der Waals surface area contributed by atoms with Gasteiger partial charge in [0.05, 0.1) is 44.6 Å². The van der Waals surface area contributed by atoms with Crippen LogP contribution in [0.4, 0.5) is 5.69 Å². The Bertz CT molecular complexity index is 1010. The van der Waals surface area contributed by atoms with Gasteiger partial charge in [0.15, 0.2) is 0 Å². The molecule has 0 saturated carbocycles. The fraction of sp³-hybridized carbons (Fsp3) is 0.409. The number of furan rings is 1. The van der Waals surface area contributed by atoms with E-state index in [1.54, 1.807) is 6.26 Å². The van der Waals surface area contributed by atoms with E-state index in [0.29, 0.717) is 18.5 Å². The van der Waals surface area contributed by atoms with Crippen LogP contribution in [0.5, 0.6) is 0 Å². The molecule has 3 saturated heterocycles. The molecule has 8 heteroatoms. The standard InChI is InChI=1S/C22H26N6O2/c23-17-4-1-3-16(9-17)21-14-28(26-25-21)12-18-10-15-6-7-27(18)13-20(15)22(29)24-11-19-5-2-8-30-19/h1-5,8-9,14-15,18,20H,6-7,10-13,23H2,(H,24,29)/p+1/t15-,18+,20-/m0/s1. The Balaban J connectivity index is 1.20. The van der Waals surface area contributed by atoms with Gasteiger partial charge in [0, 0.05) is 24.1 Å². The molecule has 30 heavy (non-hydrogen) atoms. The maximum Gasteiger partial charge on any atom is 0.229 e. The molecule has 6 rings (SSSR count). The van der Waals surface area contributed by atoms with Crippen molar-refractivity contribution in [3.05, 3.63) is 54.6 Å². The summed E-state index contributed by atoms with van der Waals surface area (Å²) >= 11 is 0. The van der Waals surface area contributed by atoms with Crippen LogP contribution in [-0.2, 0) is 17.9 Å². The number of fused-ring (bicyclic) bond motifs is 3. The number of hydrogen-bond acceptors (Lipinski definition) is 5. The third-order valence-electron chi connectivity index (χ3n) is 6.53. The first-order valence-electron chi connectivity index (χ1n) is 10.6. The van der Waals surface area contributed by atoms with Gasteiger partial charge in [-0.1, -0.05) is 17.3 Å². The van der Waals surface area contributed by atoms with E-state index in [1.807, 2.05) is 47.3 Å². The quantitative estimate of drug-likeness (QED) is 0.523. The monoisotopic (exact) mass is 407 g/mol. The highest BCUT2D eigenvalue weighted by Gasteiger charge is 2.46. The van der Waals surface area contributed by atoms with Crippen molar-refractivity contribution in [1.29, 1.82) is 0 Å². The van der Waals surface area contributed by atoms with Crippen LogP contribution < -0.4 is 16.0 Å². The lowest BCUT2D eigenvalue weighted by Crippen LogP contribution is -3.20. The number of piperidine rings is 3. The molecule has 0 radical (unpaired) electrons. The molecular weight excluding hydrogens is 380 g/mol. The van der Waals surface area contributed by atoms with Gasteiger partial charge in [-0.15, -0.1) is 5.10 Å². The SMILES string of the molecule is Nc1cccc(-c2cn(C[C@H]3C[C@@H]4CC[NH+]3C[C@@H]4C(=O)NCc3ccco3)nn2)c1. The second kappa shape index (κ2) is 7.95. The van der Waals surface area contributed by atoms with Gasteiger partial charge in [-0.3, -0.25) is 4.79 Å². The lowest BCUT2D eigenvalue weighted by atomic mass is 9.75. The Labute approximate surface area is 175 Å². The molecule has 4 atom stereocenters. The van der Waals surface area contributed by atoms with E-state index >= 15 is 0 Å². The summed E-state index contributed by atoms with van der Waals surface area (Å²) in [6, 6.07) is 11.9. The largest absolute Gasteiger partial charge is 0.467 e. The van der Waals surface area contributed by atoms with Crippen molar-refractivity contribution in [3.8, 4) is 11.3 Å². The summed E-state index contributed by atoms with van der Waals surface area (Å²) in [4.78, 5) is 14.2. The van der Waals surface area contributed by atoms with Crippen molar-refractivity contribution in [1.82, 2.24) is 20.3 Å². The molecule has 3 fully saturated rings. The zero-order valence-corrected chi connectivity index (χ0v) is 16.8. The summed E-state index contributed by atoms with van der Waals surface area (Å²) in [5.74, 6) is 1.45. The minimum Gasteiger partial charge on any atom is -0.467 e. The molecule has 156 valence electrons. The van der Waals surface area contributed by atoms with Gasteiger partial charge in [-0.05, 0) is 30.2 Å². The molecule has 5 heterocycles. The molecule has 3 aliphatic heterocycles. The van der Waals surface area contributed by atoms with Crippen molar-refractivity contribution >= 4 is 11.6 Å². The Kier molecular flexibility index (Phi) is 5.00. The first-order chi connectivity index (χ1) is 14.7. The molecule has 0 aliphatic carbocycles. The zero-order chi connectivity index (χ0) is 20.5. The summed E-state index contributed by atoms with van der Waals surface area (Å²) in [5.41, 5.74) is 8.42. The number of quaternary nitrogens is 1. The normalized spacial score (nSPS) is 25.3. The first-order valence-corrected chi connectivity index (χ1v) is 10.6. The van der Waals surface area contributed by atoms with Crippen LogP contribution in [0, 0.1) is 11.8 Å². The van der Waals surface area contributed by atoms with Crippen molar-refractivity contribution in [2.24, 2.45) is 11.8 Å². The topological polar surface area (TPSA) is 103 Å². The fourth-order valence-electron chi connectivity index (χ4n) is 4.98. The summed E-state index contributed by atoms with van der Waals surface area (Å²) in [6.45, 7) is 3.28. The van der Waals surface area contributed by atoms with E-state index < -0.39 is 0 Å². The highest BCUT2D eigenvalue weighted by Crippen LogP contribution is 2.28. The summed E-state index contributed by atoms with van der Waals surface area (Å²) in [6.07, 6.45) is 5.77. The second-order valence-corrected chi connectivity index (χ2v) is 8.45.